The summed E-state index contributed by atoms with van der Waals surface area (Å²) in [6.45, 7) is 1.31. The maximum absolute atomic E-state index is 14.5. The first-order chi connectivity index (χ1) is 21.1. The first-order valence-electron chi connectivity index (χ1n) is 13.6. The third-order valence-electron chi connectivity index (χ3n) is 7.74. The predicted octanol–water partition coefficient (Wildman–Crippen LogP) is 4.87. The van der Waals surface area contributed by atoms with Crippen LogP contribution >= 0.6 is 23.2 Å². The van der Waals surface area contributed by atoms with E-state index >= 15 is 0 Å². The van der Waals surface area contributed by atoms with Gasteiger partial charge in [0.2, 0.25) is 0 Å². The zero-order valence-corrected chi connectivity index (χ0v) is 25.3. The highest BCUT2D eigenvalue weighted by atomic mass is 35.5. The van der Waals surface area contributed by atoms with Crippen LogP contribution in [0.4, 0.5) is 5.82 Å². The molecule has 4 aromatic rings. The van der Waals surface area contributed by atoms with Crippen LogP contribution in [0, 0.1) is 0 Å². The van der Waals surface area contributed by atoms with Gasteiger partial charge >= 0.3 is 5.97 Å². The number of halogens is 2. The number of sulfonamides is 1. The number of nitrogens with zero attached hydrogens (tertiary/aromatic N) is 3. The fraction of sp³-hybridized carbons (Fsp3) is 0.194. The minimum Gasteiger partial charge on any atom is -0.478 e. The van der Waals surface area contributed by atoms with E-state index in [1.165, 1.54) is 39.8 Å². The van der Waals surface area contributed by atoms with E-state index in [1.807, 2.05) is 0 Å². The number of carboxylic acids is 1. The molecule has 0 aliphatic carbocycles. The van der Waals surface area contributed by atoms with E-state index in [0.29, 0.717) is 47.5 Å². The van der Waals surface area contributed by atoms with Crippen molar-refractivity contribution in [2.75, 3.05) is 30.6 Å². The van der Waals surface area contributed by atoms with Gasteiger partial charge in [-0.25, -0.2) is 17.5 Å². The van der Waals surface area contributed by atoms with Crippen molar-refractivity contribution >= 4 is 50.9 Å². The number of aromatic nitrogens is 1. The maximum atomic E-state index is 14.5. The van der Waals surface area contributed by atoms with E-state index in [-0.39, 0.29) is 21.8 Å². The van der Waals surface area contributed by atoms with Gasteiger partial charge in [-0.1, -0.05) is 53.5 Å². The Morgan fingerprint density at radius 1 is 0.818 bits per heavy atom. The number of amides is 1. The van der Waals surface area contributed by atoms with Crippen LogP contribution in [0.15, 0.2) is 94.6 Å². The summed E-state index contributed by atoms with van der Waals surface area (Å²) in [6, 6.07) is 19.1. The van der Waals surface area contributed by atoms with Crippen molar-refractivity contribution in [1.29, 1.82) is 0 Å². The molecule has 13 heteroatoms. The van der Waals surface area contributed by atoms with E-state index in [9.17, 15) is 27.9 Å². The third kappa shape index (κ3) is 5.26. The summed E-state index contributed by atoms with van der Waals surface area (Å²) >= 11 is 12.4. The van der Waals surface area contributed by atoms with Crippen LogP contribution in [-0.2, 0) is 14.8 Å². The van der Waals surface area contributed by atoms with Gasteiger partial charge in [-0.3, -0.25) is 14.2 Å². The van der Waals surface area contributed by atoms with E-state index in [1.54, 1.807) is 48.5 Å². The van der Waals surface area contributed by atoms with Crippen molar-refractivity contribution in [3.8, 4) is 0 Å². The lowest BCUT2D eigenvalue weighted by atomic mass is 9.94. The van der Waals surface area contributed by atoms with E-state index in [2.05, 4.69) is 0 Å². The topological polar surface area (TPSA) is 126 Å². The number of rotatable bonds is 6. The molecule has 1 saturated heterocycles. The van der Waals surface area contributed by atoms with Gasteiger partial charge in [0, 0.05) is 23.1 Å². The molecule has 2 atom stereocenters. The Morgan fingerprint density at radius 3 is 2.00 bits per heavy atom. The summed E-state index contributed by atoms with van der Waals surface area (Å²) in [5.74, 6) is -1.77. The van der Waals surface area contributed by atoms with E-state index in [0.717, 1.165) is 10.4 Å². The number of carboxylic acid groups (broad SMARTS) is 1. The number of aromatic carboxylic acids is 1. The lowest BCUT2D eigenvalue weighted by molar-refractivity contribution is 0.0301. The number of ether oxygens (including phenoxy) is 1. The van der Waals surface area contributed by atoms with Gasteiger partial charge in [-0.2, -0.15) is 0 Å². The van der Waals surface area contributed by atoms with Crippen molar-refractivity contribution in [2.24, 2.45) is 0 Å². The summed E-state index contributed by atoms with van der Waals surface area (Å²) < 4.78 is 36.8. The minimum absolute atomic E-state index is 0.00848. The number of carbonyl (C=O) groups is 2. The van der Waals surface area contributed by atoms with Crippen LogP contribution < -0.4 is 9.86 Å². The first kappa shape index (κ1) is 29.9. The minimum atomic E-state index is -4.50. The van der Waals surface area contributed by atoms with Gasteiger partial charge in [-0.05, 0) is 65.7 Å². The quantitative estimate of drug-likeness (QED) is 0.315. The lowest BCUT2D eigenvalue weighted by Crippen LogP contribution is -2.43. The predicted molar refractivity (Wildman–Crippen MR) is 164 cm³/mol. The molecule has 0 spiro atoms. The molecule has 2 aliphatic heterocycles. The van der Waals surface area contributed by atoms with Crippen molar-refractivity contribution in [2.45, 2.75) is 17.0 Å². The summed E-state index contributed by atoms with van der Waals surface area (Å²) in [5, 5.41) is 10.4. The third-order valence-corrected chi connectivity index (χ3v) is 10.0. The summed E-state index contributed by atoms with van der Waals surface area (Å²) in [6.07, 6.45) is 0. The molecule has 3 heterocycles. The van der Waals surface area contributed by atoms with Crippen molar-refractivity contribution in [3.05, 3.63) is 128 Å². The van der Waals surface area contributed by atoms with Gasteiger partial charge in [0.15, 0.2) is 0 Å². The second-order valence-electron chi connectivity index (χ2n) is 10.3. The highest BCUT2D eigenvalue weighted by Crippen LogP contribution is 2.49. The molecule has 0 unspecified atom stereocenters. The molecule has 1 fully saturated rings. The highest BCUT2D eigenvalue weighted by molar-refractivity contribution is 7.92. The molecular weight excluding hydrogens is 629 g/mol. The number of carbonyl (C=O) groups excluding carboxylic acids is 1. The zero-order chi connectivity index (χ0) is 31.2. The molecule has 0 saturated carbocycles. The molecule has 1 aromatic heterocycles. The Hall–Kier alpha value is -4.16. The monoisotopic (exact) mass is 653 g/mol. The second kappa shape index (κ2) is 11.7. The number of morpholine rings is 1. The van der Waals surface area contributed by atoms with Crippen LogP contribution in [0.25, 0.3) is 0 Å². The van der Waals surface area contributed by atoms with Gasteiger partial charge in [0.1, 0.15) is 11.4 Å². The Kier molecular flexibility index (Phi) is 7.97. The maximum Gasteiger partial charge on any atom is 0.335 e. The fourth-order valence-corrected chi connectivity index (χ4v) is 7.58. The lowest BCUT2D eigenvalue weighted by Gasteiger charge is -2.29. The Bertz CT molecular complexity index is 1920. The van der Waals surface area contributed by atoms with Gasteiger partial charge in [-0.15, -0.1) is 0 Å². The normalized spacial score (nSPS) is 18.2. The van der Waals surface area contributed by atoms with Crippen LogP contribution in [0.3, 0.4) is 0 Å². The summed E-state index contributed by atoms with van der Waals surface area (Å²) in [5.41, 5.74) is 0.0695. The molecular formula is C31H25Cl2N3O7S. The molecule has 10 nitrogen and oxygen atoms in total. The average Bonchev–Trinajstić information content (AvgIpc) is 3.39. The number of pyridine rings is 1. The molecule has 6 rings (SSSR count). The molecule has 3 aromatic carbocycles. The van der Waals surface area contributed by atoms with Gasteiger partial charge < -0.3 is 14.7 Å². The van der Waals surface area contributed by atoms with Crippen LogP contribution in [0.2, 0.25) is 10.0 Å². The molecule has 0 radical (unpaired) electrons. The smallest absolute Gasteiger partial charge is 0.335 e. The molecule has 1 N–H and O–H groups in total. The molecule has 0 bridgehead atoms. The van der Waals surface area contributed by atoms with Gasteiger partial charge in [0.25, 0.3) is 21.5 Å². The number of fused-ring (bicyclic) bond motifs is 1. The number of hydrogen-bond donors (Lipinski definition) is 1. The molecule has 44 heavy (non-hydrogen) atoms. The average molecular weight is 655 g/mol. The zero-order valence-electron chi connectivity index (χ0n) is 23.0. The number of benzene rings is 3. The van der Waals surface area contributed by atoms with Crippen LogP contribution in [0.5, 0.6) is 0 Å². The largest absolute Gasteiger partial charge is 0.478 e. The molecule has 226 valence electrons. The van der Waals surface area contributed by atoms with E-state index < -0.39 is 39.5 Å². The Labute approximate surface area is 262 Å². The fourth-order valence-electron chi connectivity index (χ4n) is 5.65. The molecule has 2 aliphatic rings. The first-order valence-corrected chi connectivity index (χ1v) is 15.8. The van der Waals surface area contributed by atoms with Crippen molar-refractivity contribution in [3.63, 3.8) is 0 Å². The van der Waals surface area contributed by atoms with Crippen molar-refractivity contribution in [1.82, 2.24) is 9.47 Å². The molecule has 1 amide bonds. The SMILES string of the molecule is O=C(O)c1cccc(S(=O)(=O)N2c3ccc(C(=O)N4CCOCC4)c(=O)n3[C@@H](c3ccc(Cl)cc3)[C@H]2c2ccc(Cl)cc2)c1. The second-order valence-corrected chi connectivity index (χ2v) is 13.0. The Morgan fingerprint density at radius 2 is 1.41 bits per heavy atom. The summed E-state index contributed by atoms with van der Waals surface area (Å²) in [4.78, 5) is 40.8. The van der Waals surface area contributed by atoms with Gasteiger partial charge in [0.05, 0.1) is 35.8 Å². The standard InChI is InChI=1S/C31H25Cl2N3O7S/c32-22-8-4-19(5-9-22)27-28(20-6-10-23(33)11-7-20)36(44(41,42)24-3-1-2-21(18-24)31(39)40)26-13-12-25(30(38)35(26)27)29(37)34-14-16-43-17-15-34/h1-13,18,27-28H,14-17H2,(H,39,40)/t27-,28+/m0/s1. The Balaban J connectivity index is 1.62. The number of anilines is 1. The van der Waals surface area contributed by atoms with E-state index in [4.69, 9.17) is 27.9 Å². The van der Waals surface area contributed by atoms with Crippen LogP contribution in [0.1, 0.15) is 43.9 Å². The van der Waals surface area contributed by atoms with Crippen molar-refractivity contribution < 1.29 is 27.9 Å². The summed E-state index contributed by atoms with van der Waals surface area (Å²) in [7, 11) is -4.50. The number of hydrogen-bond acceptors (Lipinski definition) is 6. The van der Waals surface area contributed by atoms with Crippen LogP contribution in [-0.4, -0.2) is 61.2 Å². The highest BCUT2D eigenvalue weighted by Gasteiger charge is 2.48.